The van der Waals surface area contributed by atoms with Crippen LogP contribution in [0.1, 0.15) is 41.6 Å². The van der Waals surface area contributed by atoms with Crippen LogP contribution < -0.4 is 10.1 Å². The van der Waals surface area contributed by atoms with Crippen molar-refractivity contribution in [2.24, 2.45) is 0 Å². The van der Waals surface area contributed by atoms with Crippen molar-refractivity contribution in [1.29, 1.82) is 0 Å². The third-order valence-corrected chi connectivity index (χ3v) is 3.42. The molecule has 1 aliphatic rings. The summed E-state index contributed by atoms with van der Waals surface area (Å²) in [5.74, 6) is 1.35. The zero-order chi connectivity index (χ0) is 12.3. The summed E-state index contributed by atoms with van der Waals surface area (Å²) in [6.45, 7) is 3.71. The molecule has 1 heterocycles. The number of hydrogen-bond acceptors (Lipinski definition) is 3. The quantitative estimate of drug-likeness (QED) is 0.814. The van der Waals surface area contributed by atoms with Gasteiger partial charge in [0.05, 0.1) is 12.7 Å². The molecule has 1 aliphatic heterocycles. The molecule has 0 spiro atoms. The van der Waals surface area contributed by atoms with Crippen LogP contribution in [0.25, 0.3) is 0 Å². The molecule has 0 aliphatic carbocycles. The molecule has 1 aromatic carbocycles. The molecule has 0 saturated carbocycles. The van der Waals surface area contributed by atoms with Crippen LogP contribution in [0.15, 0.2) is 18.2 Å². The Morgan fingerprint density at radius 2 is 2.06 bits per heavy atom. The highest BCUT2D eigenvalue weighted by Gasteiger charge is 2.17. The maximum absolute atomic E-state index is 11.4. The van der Waals surface area contributed by atoms with Gasteiger partial charge >= 0.3 is 0 Å². The molecule has 0 radical (unpaired) electrons. The number of benzene rings is 1. The summed E-state index contributed by atoms with van der Waals surface area (Å²) in [6, 6.07) is 5.97. The predicted molar refractivity (Wildman–Crippen MR) is 67.8 cm³/mol. The molecule has 0 atom stereocenters. The molecule has 2 rings (SSSR count). The van der Waals surface area contributed by atoms with E-state index in [0.717, 1.165) is 25.9 Å². The first-order chi connectivity index (χ1) is 8.22. The normalized spacial score (nSPS) is 16.8. The van der Waals surface area contributed by atoms with Crippen molar-refractivity contribution in [2.45, 2.75) is 25.7 Å². The summed E-state index contributed by atoms with van der Waals surface area (Å²) in [7, 11) is 1.62. The Morgan fingerprint density at radius 3 is 2.65 bits per heavy atom. The summed E-state index contributed by atoms with van der Waals surface area (Å²) < 4.78 is 5.30. The number of hydrogen-bond donors (Lipinski definition) is 1. The lowest BCUT2D eigenvalue weighted by Gasteiger charge is -2.23. The van der Waals surface area contributed by atoms with E-state index in [1.54, 1.807) is 14.0 Å². The first kappa shape index (κ1) is 12.1. The van der Waals surface area contributed by atoms with E-state index in [-0.39, 0.29) is 5.78 Å². The highest BCUT2D eigenvalue weighted by atomic mass is 16.5. The first-order valence-electron chi connectivity index (χ1n) is 6.12. The summed E-state index contributed by atoms with van der Waals surface area (Å²) in [5, 5.41) is 3.36. The Morgan fingerprint density at radius 1 is 1.35 bits per heavy atom. The van der Waals surface area contributed by atoms with E-state index in [0.29, 0.717) is 17.2 Å². The van der Waals surface area contributed by atoms with E-state index in [1.807, 2.05) is 12.1 Å². The molecular formula is C14H19NO2. The summed E-state index contributed by atoms with van der Waals surface area (Å²) in [6.07, 6.45) is 2.31. The molecule has 0 bridgehead atoms. The monoisotopic (exact) mass is 233 g/mol. The first-order valence-corrected chi connectivity index (χ1v) is 6.12. The van der Waals surface area contributed by atoms with Gasteiger partial charge in [0.2, 0.25) is 0 Å². The van der Waals surface area contributed by atoms with Gasteiger partial charge in [-0.1, -0.05) is 6.07 Å². The maximum atomic E-state index is 11.4. The number of carbonyl (C=O) groups is 1. The zero-order valence-corrected chi connectivity index (χ0v) is 10.5. The second-order valence-electron chi connectivity index (χ2n) is 4.54. The Labute approximate surface area is 102 Å². The third-order valence-electron chi connectivity index (χ3n) is 3.42. The van der Waals surface area contributed by atoms with Crippen LogP contribution in [0, 0.1) is 0 Å². The lowest BCUT2D eigenvalue weighted by atomic mass is 9.89. The van der Waals surface area contributed by atoms with Crippen LogP contribution in [-0.4, -0.2) is 26.0 Å². The van der Waals surface area contributed by atoms with E-state index in [9.17, 15) is 4.79 Å². The number of ketones is 1. The standard InChI is InChI=1S/C14H19NO2/c1-10(16)13-4-3-12(9-14(13)17-2)11-5-7-15-8-6-11/h3-4,9,11,15H,5-8H2,1-2H3. The molecule has 3 nitrogen and oxygen atoms in total. The van der Waals surface area contributed by atoms with Crippen molar-refractivity contribution in [3.05, 3.63) is 29.3 Å². The van der Waals surface area contributed by atoms with Gasteiger partial charge in [0, 0.05) is 0 Å². The molecule has 92 valence electrons. The van der Waals surface area contributed by atoms with E-state index in [1.165, 1.54) is 5.56 Å². The fourth-order valence-electron chi connectivity index (χ4n) is 2.41. The average Bonchev–Trinajstić information content (AvgIpc) is 2.39. The second kappa shape index (κ2) is 5.32. The Bertz CT molecular complexity index is 409. The van der Waals surface area contributed by atoms with Crippen LogP contribution in [0.2, 0.25) is 0 Å². The van der Waals surface area contributed by atoms with Crippen LogP contribution in [0.5, 0.6) is 5.75 Å². The van der Waals surface area contributed by atoms with Crippen molar-refractivity contribution in [2.75, 3.05) is 20.2 Å². The number of rotatable bonds is 3. The van der Waals surface area contributed by atoms with Gasteiger partial charge in [0.15, 0.2) is 5.78 Å². The fourth-order valence-corrected chi connectivity index (χ4v) is 2.41. The van der Waals surface area contributed by atoms with Gasteiger partial charge in [-0.2, -0.15) is 0 Å². The minimum Gasteiger partial charge on any atom is -0.496 e. The van der Waals surface area contributed by atoms with Crippen molar-refractivity contribution in [1.82, 2.24) is 5.32 Å². The third kappa shape index (κ3) is 2.67. The Kier molecular flexibility index (Phi) is 3.79. The van der Waals surface area contributed by atoms with Gasteiger partial charge in [-0.05, 0) is 56.5 Å². The average molecular weight is 233 g/mol. The maximum Gasteiger partial charge on any atom is 0.163 e. The van der Waals surface area contributed by atoms with E-state index >= 15 is 0 Å². The molecule has 17 heavy (non-hydrogen) atoms. The highest BCUT2D eigenvalue weighted by Crippen LogP contribution is 2.30. The fraction of sp³-hybridized carbons (Fsp3) is 0.500. The predicted octanol–water partition coefficient (Wildman–Crippen LogP) is 2.36. The van der Waals surface area contributed by atoms with Gasteiger partial charge in [-0.25, -0.2) is 0 Å². The van der Waals surface area contributed by atoms with Crippen molar-refractivity contribution in [3.8, 4) is 5.75 Å². The molecule has 1 fully saturated rings. The van der Waals surface area contributed by atoms with Crippen LogP contribution >= 0.6 is 0 Å². The number of ether oxygens (including phenoxy) is 1. The molecule has 1 N–H and O–H groups in total. The van der Waals surface area contributed by atoms with Gasteiger partial charge in [-0.15, -0.1) is 0 Å². The van der Waals surface area contributed by atoms with Crippen molar-refractivity contribution in [3.63, 3.8) is 0 Å². The summed E-state index contributed by atoms with van der Waals surface area (Å²) >= 11 is 0. The molecule has 3 heteroatoms. The van der Waals surface area contributed by atoms with Gasteiger partial charge in [0.1, 0.15) is 5.75 Å². The number of nitrogens with one attached hydrogen (secondary N) is 1. The number of piperidine rings is 1. The van der Waals surface area contributed by atoms with Crippen molar-refractivity contribution >= 4 is 5.78 Å². The number of carbonyl (C=O) groups excluding carboxylic acids is 1. The summed E-state index contributed by atoms with van der Waals surface area (Å²) in [4.78, 5) is 11.4. The van der Waals surface area contributed by atoms with Crippen molar-refractivity contribution < 1.29 is 9.53 Å². The van der Waals surface area contributed by atoms with Crippen LogP contribution in [-0.2, 0) is 0 Å². The second-order valence-corrected chi connectivity index (χ2v) is 4.54. The highest BCUT2D eigenvalue weighted by molar-refractivity contribution is 5.96. The minimum atomic E-state index is 0.0544. The molecule has 0 amide bonds. The Hall–Kier alpha value is -1.35. The molecular weight excluding hydrogens is 214 g/mol. The SMILES string of the molecule is COc1cc(C2CCNCC2)ccc1C(C)=O. The van der Waals surface area contributed by atoms with E-state index in [2.05, 4.69) is 11.4 Å². The largest absolute Gasteiger partial charge is 0.496 e. The summed E-state index contributed by atoms with van der Waals surface area (Å²) in [5.41, 5.74) is 1.96. The lowest BCUT2D eigenvalue weighted by molar-refractivity contribution is 0.101. The van der Waals surface area contributed by atoms with Gasteiger partial charge < -0.3 is 10.1 Å². The van der Waals surface area contributed by atoms with Crippen LogP contribution in [0.4, 0.5) is 0 Å². The smallest absolute Gasteiger partial charge is 0.163 e. The molecule has 0 unspecified atom stereocenters. The Balaban J connectivity index is 2.27. The topological polar surface area (TPSA) is 38.3 Å². The number of methoxy groups -OCH3 is 1. The van der Waals surface area contributed by atoms with E-state index < -0.39 is 0 Å². The number of Topliss-reactive ketones (excluding diaryl/α,β-unsaturated/α-hetero) is 1. The molecule has 0 aromatic heterocycles. The molecule has 1 aromatic rings. The molecule has 1 saturated heterocycles. The van der Waals surface area contributed by atoms with Gasteiger partial charge in [-0.3, -0.25) is 4.79 Å². The van der Waals surface area contributed by atoms with Gasteiger partial charge in [0.25, 0.3) is 0 Å². The van der Waals surface area contributed by atoms with E-state index in [4.69, 9.17) is 4.74 Å². The minimum absolute atomic E-state index is 0.0544. The lowest BCUT2D eigenvalue weighted by Crippen LogP contribution is -2.26. The zero-order valence-electron chi connectivity index (χ0n) is 10.5. The van der Waals surface area contributed by atoms with Crippen LogP contribution in [0.3, 0.4) is 0 Å².